The van der Waals surface area contributed by atoms with Crippen LogP contribution in [-0.2, 0) is 4.79 Å². The average Bonchev–Trinajstić information content (AvgIpc) is 2.46. The molecule has 0 spiro atoms. The third-order valence-corrected chi connectivity index (χ3v) is 3.58. The molecule has 20 heavy (non-hydrogen) atoms. The number of hydrogen-bond donors (Lipinski definition) is 1. The van der Waals surface area contributed by atoms with Gasteiger partial charge in [0, 0.05) is 12.6 Å². The van der Waals surface area contributed by atoms with Crippen LogP contribution in [-0.4, -0.2) is 12.5 Å². The first-order valence-corrected chi connectivity index (χ1v) is 8.35. The van der Waals surface area contributed by atoms with E-state index in [-0.39, 0.29) is 5.91 Å². The van der Waals surface area contributed by atoms with Crippen LogP contribution in [0.5, 0.6) is 0 Å². The summed E-state index contributed by atoms with van der Waals surface area (Å²) in [5.74, 6) is 0.648. The third kappa shape index (κ3) is 12.0. The zero-order valence-electron chi connectivity index (χ0n) is 13.7. The van der Waals surface area contributed by atoms with Gasteiger partial charge in [0.25, 0.3) is 0 Å². The Bertz CT molecular complexity index is 281. The van der Waals surface area contributed by atoms with E-state index in [1.807, 2.05) is 12.2 Å². The number of nitrogens with one attached hydrogen (secondary N) is 1. The van der Waals surface area contributed by atoms with E-state index in [0.29, 0.717) is 5.92 Å². The summed E-state index contributed by atoms with van der Waals surface area (Å²) in [5, 5.41) is 2.99. The van der Waals surface area contributed by atoms with E-state index >= 15 is 0 Å². The van der Waals surface area contributed by atoms with Crippen LogP contribution in [0.25, 0.3) is 0 Å². The largest absolute Gasteiger partial charge is 0.352 e. The van der Waals surface area contributed by atoms with Gasteiger partial charge in [-0.05, 0) is 25.2 Å². The van der Waals surface area contributed by atoms with Crippen LogP contribution in [0.4, 0.5) is 0 Å². The summed E-state index contributed by atoms with van der Waals surface area (Å²) in [5.41, 5.74) is 0. The van der Waals surface area contributed by atoms with Gasteiger partial charge in [0.05, 0.1) is 0 Å². The highest BCUT2D eigenvalue weighted by Gasteiger charge is 2.06. The van der Waals surface area contributed by atoms with E-state index in [2.05, 4.69) is 32.2 Å². The van der Waals surface area contributed by atoms with Crippen LogP contribution >= 0.6 is 0 Å². The average molecular weight is 279 g/mol. The quantitative estimate of drug-likeness (QED) is 0.303. The van der Waals surface area contributed by atoms with Crippen molar-refractivity contribution in [2.45, 2.75) is 72.1 Å². The highest BCUT2D eigenvalue weighted by atomic mass is 16.1. The van der Waals surface area contributed by atoms with Crippen LogP contribution in [0.1, 0.15) is 72.1 Å². The van der Waals surface area contributed by atoms with E-state index < -0.39 is 0 Å². The van der Waals surface area contributed by atoms with Gasteiger partial charge in [-0.25, -0.2) is 0 Å². The molecule has 1 atom stereocenters. The molecule has 0 aliphatic carbocycles. The Hall–Kier alpha value is -1.05. The smallest absolute Gasteiger partial charge is 0.243 e. The van der Waals surface area contributed by atoms with Crippen molar-refractivity contribution in [1.29, 1.82) is 0 Å². The van der Waals surface area contributed by atoms with Crippen molar-refractivity contribution in [2.75, 3.05) is 6.54 Å². The number of carbonyl (C=O) groups excluding carboxylic acids is 1. The second kappa shape index (κ2) is 14.4. The molecule has 116 valence electrons. The van der Waals surface area contributed by atoms with Crippen molar-refractivity contribution in [3.8, 4) is 0 Å². The molecule has 1 amide bonds. The Labute approximate surface area is 125 Å². The Morgan fingerprint density at radius 2 is 1.80 bits per heavy atom. The van der Waals surface area contributed by atoms with Gasteiger partial charge in [0.2, 0.25) is 5.91 Å². The van der Waals surface area contributed by atoms with Crippen molar-refractivity contribution in [1.82, 2.24) is 5.32 Å². The van der Waals surface area contributed by atoms with Crippen molar-refractivity contribution < 1.29 is 4.79 Å². The van der Waals surface area contributed by atoms with Crippen LogP contribution in [0, 0.1) is 5.92 Å². The predicted octanol–water partition coefficient (Wildman–Crippen LogP) is 5.01. The van der Waals surface area contributed by atoms with Gasteiger partial charge in [-0.2, -0.15) is 0 Å². The number of allylic oxidation sites excluding steroid dienone is 3. The summed E-state index contributed by atoms with van der Waals surface area (Å²) in [6, 6.07) is 0. The lowest BCUT2D eigenvalue weighted by Gasteiger charge is -2.14. The molecular formula is C18H33NO. The maximum Gasteiger partial charge on any atom is 0.243 e. The predicted molar refractivity (Wildman–Crippen MR) is 88.7 cm³/mol. The van der Waals surface area contributed by atoms with E-state index in [9.17, 15) is 4.79 Å². The molecule has 1 N–H and O–H groups in total. The molecule has 0 bridgehead atoms. The van der Waals surface area contributed by atoms with Crippen LogP contribution in [0.15, 0.2) is 24.3 Å². The van der Waals surface area contributed by atoms with Gasteiger partial charge >= 0.3 is 0 Å². The van der Waals surface area contributed by atoms with E-state index in [4.69, 9.17) is 0 Å². The molecule has 0 rings (SSSR count). The molecule has 0 radical (unpaired) electrons. The van der Waals surface area contributed by atoms with Crippen LogP contribution in [0.2, 0.25) is 0 Å². The van der Waals surface area contributed by atoms with Crippen molar-refractivity contribution in [3.05, 3.63) is 24.3 Å². The SMILES string of the molecule is CCCCCC=CC=CC(=O)NCC(CC)CCCC. The molecule has 0 aromatic rings. The summed E-state index contributed by atoms with van der Waals surface area (Å²) in [6.07, 6.45) is 17.3. The third-order valence-electron chi connectivity index (χ3n) is 3.58. The minimum atomic E-state index is 0.0261. The molecule has 2 heteroatoms. The Kier molecular flexibility index (Phi) is 13.6. The molecule has 0 aromatic heterocycles. The van der Waals surface area contributed by atoms with Gasteiger partial charge in [0.15, 0.2) is 0 Å². The monoisotopic (exact) mass is 279 g/mol. The fourth-order valence-corrected chi connectivity index (χ4v) is 2.08. The van der Waals surface area contributed by atoms with Crippen molar-refractivity contribution in [2.24, 2.45) is 5.92 Å². The number of rotatable bonds is 12. The Morgan fingerprint density at radius 1 is 1.05 bits per heavy atom. The zero-order chi connectivity index (χ0) is 15.1. The lowest BCUT2D eigenvalue weighted by atomic mass is 9.99. The van der Waals surface area contributed by atoms with Crippen molar-refractivity contribution in [3.63, 3.8) is 0 Å². The lowest BCUT2D eigenvalue weighted by molar-refractivity contribution is -0.116. The molecule has 0 aliphatic heterocycles. The van der Waals surface area contributed by atoms with Gasteiger partial charge in [-0.3, -0.25) is 4.79 Å². The van der Waals surface area contributed by atoms with E-state index in [0.717, 1.165) is 19.4 Å². The lowest BCUT2D eigenvalue weighted by Crippen LogP contribution is -2.27. The second-order valence-electron chi connectivity index (χ2n) is 5.44. The minimum absolute atomic E-state index is 0.0261. The molecule has 2 nitrogen and oxygen atoms in total. The highest BCUT2D eigenvalue weighted by Crippen LogP contribution is 2.11. The second-order valence-corrected chi connectivity index (χ2v) is 5.44. The summed E-state index contributed by atoms with van der Waals surface area (Å²) >= 11 is 0. The van der Waals surface area contributed by atoms with Gasteiger partial charge < -0.3 is 5.32 Å². The van der Waals surface area contributed by atoms with Gasteiger partial charge in [-0.15, -0.1) is 0 Å². The van der Waals surface area contributed by atoms with E-state index in [1.165, 1.54) is 38.5 Å². The Morgan fingerprint density at radius 3 is 2.45 bits per heavy atom. The molecule has 0 aromatic carbocycles. The summed E-state index contributed by atoms with van der Waals surface area (Å²) in [4.78, 5) is 11.6. The van der Waals surface area contributed by atoms with Crippen LogP contribution in [0.3, 0.4) is 0 Å². The highest BCUT2D eigenvalue weighted by molar-refractivity contribution is 5.87. The number of amides is 1. The molecule has 0 saturated heterocycles. The maximum atomic E-state index is 11.6. The zero-order valence-corrected chi connectivity index (χ0v) is 13.7. The van der Waals surface area contributed by atoms with Crippen LogP contribution < -0.4 is 5.32 Å². The normalized spacial score (nSPS) is 13.2. The van der Waals surface area contributed by atoms with Gasteiger partial charge in [-0.1, -0.05) is 71.1 Å². The minimum Gasteiger partial charge on any atom is -0.352 e. The van der Waals surface area contributed by atoms with Crippen molar-refractivity contribution >= 4 is 5.91 Å². The molecule has 1 unspecified atom stereocenters. The number of hydrogen-bond acceptors (Lipinski definition) is 1. The molecule has 0 aliphatic rings. The molecule has 0 fully saturated rings. The molecule has 0 saturated carbocycles. The first-order chi connectivity index (χ1) is 9.74. The summed E-state index contributed by atoms with van der Waals surface area (Å²) in [6.45, 7) is 7.42. The Balaban J connectivity index is 3.75. The summed E-state index contributed by atoms with van der Waals surface area (Å²) < 4.78 is 0. The number of carbonyl (C=O) groups is 1. The summed E-state index contributed by atoms with van der Waals surface area (Å²) in [7, 11) is 0. The maximum absolute atomic E-state index is 11.6. The fourth-order valence-electron chi connectivity index (χ4n) is 2.08. The fraction of sp³-hybridized carbons (Fsp3) is 0.722. The molecule has 0 heterocycles. The molecular weight excluding hydrogens is 246 g/mol. The van der Waals surface area contributed by atoms with Gasteiger partial charge in [0.1, 0.15) is 0 Å². The topological polar surface area (TPSA) is 29.1 Å². The first kappa shape index (κ1) is 18.9. The van der Waals surface area contributed by atoms with E-state index in [1.54, 1.807) is 6.08 Å². The first-order valence-electron chi connectivity index (χ1n) is 8.35. The standard InChI is InChI=1S/C18H33NO/c1-4-7-9-10-11-12-13-15-18(20)19-16-17(6-3)14-8-5-2/h11-13,15,17H,4-10,14,16H2,1-3H3,(H,19,20). The number of unbranched alkanes of at least 4 members (excludes halogenated alkanes) is 4.